The SMILES string of the molecule is Cc1cncc2cc(C(C)C)oc12. The van der Waals surface area contributed by atoms with E-state index >= 15 is 0 Å². The molecule has 0 bridgehead atoms. The van der Waals surface area contributed by atoms with Crippen LogP contribution in [0.2, 0.25) is 0 Å². The highest BCUT2D eigenvalue weighted by Crippen LogP contribution is 2.25. The molecule has 2 nitrogen and oxygen atoms in total. The van der Waals surface area contributed by atoms with Gasteiger partial charge in [-0.25, -0.2) is 0 Å². The van der Waals surface area contributed by atoms with E-state index in [9.17, 15) is 0 Å². The van der Waals surface area contributed by atoms with Gasteiger partial charge in [0.15, 0.2) is 0 Å². The molecule has 0 aliphatic rings. The van der Waals surface area contributed by atoms with Crippen LogP contribution in [-0.4, -0.2) is 4.98 Å². The maximum Gasteiger partial charge on any atom is 0.140 e. The van der Waals surface area contributed by atoms with E-state index in [0.29, 0.717) is 5.92 Å². The van der Waals surface area contributed by atoms with Crippen molar-refractivity contribution in [3.8, 4) is 0 Å². The topological polar surface area (TPSA) is 26.0 Å². The average molecular weight is 175 g/mol. The maximum absolute atomic E-state index is 5.72. The normalized spacial score (nSPS) is 11.4. The van der Waals surface area contributed by atoms with Gasteiger partial charge < -0.3 is 4.42 Å². The zero-order valence-corrected chi connectivity index (χ0v) is 8.16. The molecule has 0 aromatic carbocycles. The van der Waals surface area contributed by atoms with E-state index in [2.05, 4.69) is 24.9 Å². The Balaban J connectivity index is 2.68. The van der Waals surface area contributed by atoms with Crippen molar-refractivity contribution < 1.29 is 4.42 Å². The fraction of sp³-hybridized carbons (Fsp3) is 0.364. The molecule has 0 aliphatic carbocycles. The van der Waals surface area contributed by atoms with Crippen LogP contribution in [-0.2, 0) is 0 Å². The second-order valence-electron chi connectivity index (χ2n) is 3.68. The van der Waals surface area contributed by atoms with Gasteiger partial charge in [-0.05, 0) is 13.0 Å². The molecular weight excluding hydrogens is 162 g/mol. The van der Waals surface area contributed by atoms with Crippen LogP contribution in [0, 0.1) is 6.92 Å². The smallest absolute Gasteiger partial charge is 0.140 e. The maximum atomic E-state index is 5.72. The minimum atomic E-state index is 0.437. The first-order valence-corrected chi connectivity index (χ1v) is 4.52. The first-order chi connectivity index (χ1) is 6.18. The lowest BCUT2D eigenvalue weighted by molar-refractivity contribution is 0.520. The third kappa shape index (κ3) is 1.32. The Labute approximate surface area is 77.6 Å². The fourth-order valence-electron chi connectivity index (χ4n) is 1.40. The van der Waals surface area contributed by atoms with Crippen molar-refractivity contribution in [2.75, 3.05) is 0 Å². The number of aromatic nitrogens is 1. The molecule has 0 spiro atoms. The zero-order valence-electron chi connectivity index (χ0n) is 8.16. The summed E-state index contributed by atoms with van der Waals surface area (Å²) in [7, 11) is 0. The minimum absolute atomic E-state index is 0.437. The van der Waals surface area contributed by atoms with Crippen LogP contribution in [0.15, 0.2) is 22.9 Å². The number of hydrogen-bond acceptors (Lipinski definition) is 2. The molecule has 0 aliphatic heterocycles. The molecule has 0 unspecified atom stereocenters. The predicted octanol–water partition coefficient (Wildman–Crippen LogP) is 3.26. The van der Waals surface area contributed by atoms with Crippen molar-refractivity contribution >= 4 is 11.0 Å². The van der Waals surface area contributed by atoms with Gasteiger partial charge in [0.05, 0.1) is 0 Å². The first kappa shape index (κ1) is 8.30. The lowest BCUT2D eigenvalue weighted by Crippen LogP contribution is -1.79. The van der Waals surface area contributed by atoms with Crippen molar-refractivity contribution in [2.24, 2.45) is 0 Å². The largest absolute Gasteiger partial charge is 0.460 e. The average Bonchev–Trinajstić information content (AvgIpc) is 2.49. The van der Waals surface area contributed by atoms with E-state index in [-0.39, 0.29) is 0 Å². The second-order valence-corrected chi connectivity index (χ2v) is 3.68. The van der Waals surface area contributed by atoms with Crippen molar-refractivity contribution in [3.05, 3.63) is 29.8 Å². The summed E-state index contributed by atoms with van der Waals surface area (Å²) < 4.78 is 5.72. The Bertz CT molecular complexity index is 429. The van der Waals surface area contributed by atoms with Crippen LogP contribution >= 0.6 is 0 Å². The van der Waals surface area contributed by atoms with Crippen molar-refractivity contribution in [1.29, 1.82) is 0 Å². The number of aryl methyl sites for hydroxylation is 1. The molecule has 0 saturated heterocycles. The molecule has 2 rings (SSSR count). The summed E-state index contributed by atoms with van der Waals surface area (Å²) in [4.78, 5) is 4.13. The summed E-state index contributed by atoms with van der Waals surface area (Å²) in [5.41, 5.74) is 2.07. The molecule has 2 heterocycles. The molecule has 0 atom stereocenters. The van der Waals surface area contributed by atoms with E-state index in [1.807, 2.05) is 19.3 Å². The summed E-state index contributed by atoms with van der Waals surface area (Å²) in [6.07, 6.45) is 3.67. The third-order valence-electron chi connectivity index (χ3n) is 2.19. The molecule has 2 aromatic heterocycles. The number of fused-ring (bicyclic) bond motifs is 1. The van der Waals surface area contributed by atoms with Crippen LogP contribution in [0.1, 0.15) is 31.1 Å². The van der Waals surface area contributed by atoms with Gasteiger partial charge in [0.25, 0.3) is 0 Å². The Hall–Kier alpha value is -1.31. The molecule has 68 valence electrons. The second kappa shape index (κ2) is 2.87. The zero-order chi connectivity index (χ0) is 9.42. The molecule has 0 N–H and O–H groups in total. The van der Waals surface area contributed by atoms with Crippen LogP contribution in [0.4, 0.5) is 0 Å². The lowest BCUT2D eigenvalue weighted by Gasteiger charge is -1.96. The van der Waals surface area contributed by atoms with Crippen LogP contribution in [0.5, 0.6) is 0 Å². The van der Waals surface area contributed by atoms with Gasteiger partial charge in [-0.1, -0.05) is 13.8 Å². The Morgan fingerprint density at radius 2 is 2.08 bits per heavy atom. The highest BCUT2D eigenvalue weighted by Gasteiger charge is 2.08. The molecule has 2 aromatic rings. The summed E-state index contributed by atoms with van der Waals surface area (Å²) >= 11 is 0. The standard InChI is InChI=1S/C11H13NO/c1-7(2)10-4-9-6-12-5-8(3)11(9)13-10/h4-7H,1-3H3. The van der Waals surface area contributed by atoms with Gasteiger partial charge in [0.1, 0.15) is 11.3 Å². The number of nitrogens with zero attached hydrogens (tertiary/aromatic N) is 1. The highest BCUT2D eigenvalue weighted by molar-refractivity contribution is 5.79. The van der Waals surface area contributed by atoms with Gasteiger partial charge in [0.2, 0.25) is 0 Å². The fourth-order valence-corrected chi connectivity index (χ4v) is 1.40. The molecule has 0 saturated carbocycles. The van der Waals surface area contributed by atoms with Gasteiger partial charge in [-0.2, -0.15) is 0 Å². The van der Waals surface area contributed by atoms with Crippen molar-refractivity contribution in [1.82, 2.24) is 4.98 Å². The molecule has 0 amide bonds. The Morgan fingerprint density at radius 1 is 1.31 bits per heavy atom. The third-order valence-corrected chi connectivity index (χ3v) is 2.19. The minimum Gasteiger partial charge on any atom is -0.460 e. The van der Waals surface area contributed by atoms with E-state index in [4.69, 9.17) is 4.42 Å². The predicted molar refractivity (Wildman–Crippen MR) is 52.8 cm³/mol. The van der Waals surface area contributed by atoms with Crippen molar-refractivity contribution in [3.63, 3.8) is 0 Å². The van der Waals surface area contributed by atoms with E-state index in [0.717, 1.165) is 22.3 Å². The quantitative estimate of drug-likeness (QED) is 0.664. The monoisotopic (exact) mass is 175 g/mol. The van der Waals surface area contributed by atoms with Crippen LogP contribution in [0.3, 0.4) is 0 Å². The first-order valence-electron chi connectivity index (χ1n) is 4.52. The van der Waals surface area contributed by atoms with E-state index in [1.165, 1.54) is 0 Å². The number of hydrogen-bond donors (Lipinski definition) is 0. The van der Waals surface area contributed by atoms with Gasteiger partial charge in [-0.3, -0.25) is 4.98 Å². The molecule has 0 radical (unpaired) electrons. The van der Waals surface area contributed by atoms with Crippen LogP contribution in [0.25, 0.3) is 11.0 Å². The number of furan rings is 1. The summed E-state index contributed by atoms with van der Waals surface area (Å²) in [5, 5.41) is 1.10. The summed E-state index contributed by atoms with van der Waals surface area (Å²) in [5.74, 6) is 1.47. The van der Waals surface area contributed by atoms with E-state index in [1.54, 1.807) is 0 Å². The Morgan fingerprint density at radius 3 is 2.69 bits per heavy atom. The molecule has 2 heteroatoms. The van der Waals surface area contributed by atoms with Crippen molar-refractivity contribution in [2.45, 2.75) is 26.7 Å². The lowest BCUT2D eigenvalue weighted by atomic mass is 10.1. The molecular formula is C11H13NO. The number of pyridine rings is 1. The summed E-state index contributed by atoms with van der Waals surface area (Å²) in [6.45, 7) is 6.27. The number of rotatable bonds is 1. The van der Waals surface area contributed by atoms with Crippen LogP contribution < -0.4 is 0 Å². The molecule has 0 fully saturated rings. The highest BCUT2D eigenvalue weighted by atomic mass is 16.3. The van der Waals surface area contributed by atoms with Gasteiger partial charge in [0, 0.05) is 29.3 Å². The van der Waals surface area contributed by atoms with Gasteiger partial charge >= 0.3 is 0 Å². The molecule has 13 heavy (non-hydrogen) atoms. The summed E-state index contributed by atoms with van der Waals surface area (Å²) in [6, 6.07) is 2.07. The van der Waals surface area contributed by atoms with E-state index < -0.39 is 0 Å². The Kier molecular flexibility index (Phi) is 1.83. The van der Waals surface area contributed by atoms with Gasteiger partial charge in [-0.15, -0.1) is 0 Å².